The molecule has 2 aromatic rings. The molecule has 0 aromatic heterocycles. The van der Waals surface area contributed by atoms with Crippen LogP contribution in [-0.2, 0) is 37.1 Å². The number of carbonyl (C=O) groups is 2. The molecular weight excluding hydrogens is 604 g/mol. The minimum Gasteiger partial charge on any atom is -0.458 e. The number of esters is 1. The number of hydrogen-bond acceptors (Lipinski definition) is 8. The van der Waals surface area contributed by atoms with E-state index in [-0.39, 0.29) is 25.1 Å². The van der Waals surface area contributed by atoms with Crippen LogP contribution < -0.4 is 16.4 Å². The van der Waals surface area contributed by atoms with Gasteiger partial charge in [-0.3, -0.25) is 0 Å². The van der Waals surface area contributed by atoms with E-state index in [0.717, 1.165) is 24.6 Å². The molecule has 0 aliphatic heterocycles. The summed E-state index contributed by atoms with van der Waals surface area (Å²) in [5.74, 6) is -2.81. The van der Waals surface area contributed by atoms with Crippen LogP contribution in [0.5, 0.6) is 0 Å². The van der Waals surface area contributed by atoms with Crippen molar-refractivity contribution in [2.75, 3.05) is 18.8 Å². The minimum absolute atomic E-state index is 0.0247. The topological polar surface area (TPSA) is 137 Å². The van der Waals surface area contributed by atoms with Crippen molar-refractivity contribution in [1.29, 1.82) is 0 Å². The van der Waals surface area contributed by atoms with Crippen molar-refractivity contribution in [2.24, 2.45) is 11.7 Å². The first-order chi connectivity index (χ1) is 21.3. The Morgan fingerprint density at radius 1 is 0.933 bits per heavy atom. The predicted molar refractivity (Wildman–Crippen MR) is 171 cm³/mol. The maximum absolute atomic E-state index is 13.9. The smallest absolute Gasteiger partial charge is 0.408 e. The average molecular weight is 654 g/mol. The summed E-state index contributed by atoms with van der Waals surface area (Å²) in [4.78, 5) is 26.4. The van der Waals surface area contributed by atoms with Gasteiger partial charge in [-0.1, -0.05) is 70.9 Å². The Kier molecular flexibility index (Phi) is 16.4. The van der Waals surface area contributed by atoms with Gasteiger partial charge in [0.15, 0.2) is 9.84 Å². The minimum atomic E-state index is -3.85. The molecule has 0 spiro atoms. The number of nitrogens with two attached hydrogens (primary N) is 1. The number of halogens is 2. The normalized spacial score (nSPS) is 13.8. The molecule has 0 aliphatic rings. The number of ether oxygens (including phenoxy) is 2. The molecule has 2 rings (SSSR count). The lowest BCUT2D eigenvalue weighted by atomic mass is 10.0. The highest BCUT2D eigenvalue weighted by Crippen LogP contribution is 2.18. The van der Waals surface area contributed by atoms with Gasteiger partial charge < -0.3 is 25.8 Å². The zero-order valence-electron chi connectivity index (χ0n) is 26.8. The molecule has 0 saturated carbocycles. The van der Waals surface area contributed by atoms with Crippen LogP contribution in [0.3, 0.4) is 0 Å². The Morgan fingerprint density at radius 3 is 2.13 bits per heavy atom. The Bertz CT molecular complexity index is 1270. The SMILES string of the molecule is CCCC(CCC)S(=O)(=O)C[C@H](NC(=O)OCc1ccccc1)C(=O)O[C@H](CNCCC(C)C)[C@@H](N)Cc1cc(F)cc(F)c1. The summed E-state index contributed by atoms with van der Waals surface area (Å²) < 4.78 is 65.7. The molecule has 0 saturated heterocycles. The van der Waals surface area contributed by atoms with Crippen LogP contribution in [0.25, 0.3) is 0 Å². The quantitative estimate of drug-likeness (QED) is 0.133. The lowest BCUT2D eigenvalue weighted by Crippen LogP contribution is -2.52. The van der Waals surface area contributed by atoms with Gasteiger partial charge in [-0.2, -0.15) is 0 Å². The highest BCUT2D eigenvalue weighted by atomic mass is 32.2. The number of benzene rings is 2. The number of nitrogens with one attached hydrogen (secondary N) is 2. The van der Waals surface area contributed by atoms with E-state index < -0.39 is 62.7 Å². The van der Waals surface area contributed by atoms with Gasteiger partial charge in [0.05, 0.1) is 11.0 Å². The fraction of sp³-hybridized carbons (Fsp3) is 0.576. The summed E-state index contributed by atoms with van der Waals surface area (Å²) in [5, 5.41) is 4.90. The van der Waals surface area contributed by atoms with E-state index in [1.54, 1.807) is 24.3 Å². The molecule has 4 N–H and O–H groups in total. The third kappa shape index (κ3) is 14.3. The summed E-state index contributed by atoms with van der Waals surface area (Å²) in [6.07, 6.45) is 0.896. The first-order valence-corrected chi connectivity index (χ1v) is 17.4. The van der Waals surface area contributed by atoms with Gasteiger partial charge in [0, 0.05) is 18.7 Å². The van der Waals surface area contributed by atoms with Crippen molar-refractivity contribution in [3.63, 3.8) is 0 Å². The predicted octanol–water partition coefficient (Wildman–Crippen LogP) is 5.06. The summed E-state index contributed by atoms with van der Waals surface area (Å²) in [6.45, 7) is 8.47. The molecule has 1 amide bonds. The summed E-state index contributed by atoms with van der Waals surface area (Å²) >= 11 is 0. The van der Waals surface area contributed by atoms with Gasteiger partial charge in [0.25, 0.3) is 0 Å². The number of alkyl carbamates (subject to hydrolysis) is 1. The van der Waals surface area contributed by atoms with Crippen molar-refractivity contribution < 1.29 is 36.3 Å². The summed E-state index contributed by atoms with van der Waals surface area (Å²) in [5.41, 5.74) is 7.39. The lowest BCUT2D eigenvalue weighted by Gasteiger charge is -2.28. The van der Waals surface area contributed by atoms with Gasteiger partial charge in [0.1, 0.15) is 30.4 Å². The van der Waals surface area contributed by atoms with E-state index in [4.69, 9.17) is 15.2 Å². The van der Waals surface area contributed by atoms with Crippen molar-refractivity contribution in [2.45, 2.75) is 96.3 Å². The molecule has 0 radical (unpaired) electrons. The summed E-state index contributed by atoms with van der Waals surface area (Å²) in [7, 11) is -3.85. The first kappa shape index (κ1) is 38.1. The second-order valence-corrected chi connectivity index (χ2v) is 14.1. The molecule has 0 bridgehead atoms. The number of amides is 1. The van der Waals surface area contributed by atoms with Crippen molar-refractivity contribution >= 4 is 21.9 Å². The molecule has 252 valence electrons. The van der Waals surface area contributed by atoms with E-state index in [1.165, 1.54) is 0 Å². The van der Waals surface area contributed by atoms with Gasteiger partial charge in [-0.05, 0) is 61.4 Å². The Labute approximate surface area is 266 Å². The molecule has 0 aliphatic carbocycles. The van der Waals surface area contributed by atoms with E-state index in [2.05, 4.69) is 24.5 Å². The van der Waals surface area contributed by atoms with E-state index >= 15 is 0 Å². The fourth-order valence-electron chi connectivity index (χ4n) is 4.87. The fourth-order valence-corrected chi connectivity index (χ4v) is 7.02. The second kappa shape index (κ2) is 19.4. The van der Waals surface area contributed by atoms with Crippen LogP contribution in [0.4, 0.5) is 13.6 Å². The first-order valence-electron chi connectivity index (χ1n) is 15.6. The average Bonchev–Trinajstić information content (AvgIpc) is 2.96. The van der Waals surface area contributed by atoms with E-state index in [1.807, 2.05) is 19.9 Å². The maximum Gasteiger partial charge on any atom is 0.408 e. The third-order valence-corrected chi connectivity index (χ3v) is 9.59. The second-order valence-electron chi connectivity index (χ2n) is 11.8. The van der Waals surface area contributed by atoms with Crippen LogP contribution in [0, 0.1) is 17.6 Å². The number of sulfone groups is 1. The van der Waals surface area contributed by atoms with Gasteiger partial charge in [-0.25, -0.2) is 26.8 Å². The van der Waals surface area contributed by atoms with Gasteiger partial charge in [-0.15, -0.1) is 0 Å². The summed E-state index contributed by atoms with van der Waals surface area (Å²) in [6, 6.07) is 9.45. The monoisotopic (exact) mass is 653 g/mol. The third-order valence-electron chi connectivity index (χ3n) is 7.30. The number of rotatable bonds is 20. The number of hydrogen-bond donors (Lipinski definition) is 3. The van der Waals surface area contributed by atoms with E-state index in [9.17, 15) is 26.8 Å². The molecule has 12 heteroatoms. The number of carbonyl (C=O) groups excluding carboxylic acids is 2. The van der Waals surface area contributed by atoms with Crippen LogP contribution >= 0.6 is 0 Å². The molecular formula is C33H49F2N3O6S. The zero-order valence-corrected chi connectivity index (χ0v) is 27.6. The van der Waals surface area contributed by atoms with Crippen molar-refractivity contribution in [3.05, 3.63) is 71.3 Å². The highest BCUT2D eigenvalue weighted by molar-refractivity contribution is 7.92. The Morgan fingerprint density at radius 2 is 1.56 bits per heavy atom. The van der Waals surface area contributed by atoms with Crippen LogP contribution in [0.15, 0.2) is 48.5 Å². The van der Waals surface area contributed by atoms with Crippen molar-refractivity contribution in [3.8, 4) is 0 Å². The molecule has 2 aromatic carbocycles. The zero-order chi connectivity index (χ0) is 33.4. The molecule has 0 fully saturated rings. The molecule has 3 atom stereocenters. The highest BCUT2D eigenvalue weighted by Gasteiger charge is 2.35. The molecule has 0 unspecified atom stereocenters. The van der Waals surface area contributed by atoms with Crippen LogP contribution in [0.2, 0.25) is 0 Å². The molecule has 45 heavy (non-hydrogen) atoms. The lowest BCUT2D eigenvalue weighted by molar-refractivity contribution is -0.151. The van der Waals surface area contributed by atoms with Gasteiger partial charge in [0.2, 0.25) is 0 Å². The van der Waals surface area contributed by atoms with Crippen molar-refractivity contribution in [1.82, 2.24) is 10.6 Å². The van der Waals surface area contributed by atoms with Crippen LogP contribution in [-0.4, -0.2) is 62.8 Å². The molecule has 0 heterocycles. The Balaban J connectivity index is 2.29. The largest absolute Gasteiger partial charge is 0.458 e. The standard InChI is InChI=1S/C33H49F2N3O6S/c1-5-10-28(11-6-2)45(41,42)22-30(38-33(40)43-21-24-12-8-7-9-13-24)32(39)44-31(20-37-15-14-23(3)4)29(36)18-25-16-26(34)19-27(35)17-25/h7-9,12-13,16-17,19,23,28-31,37H,5-6,10-11,14-15,18,20-22,36H2,1-4H3,(H,38,40)/t29-,30-,31+/m0/s1. The molecule has 9 nitrogen and oxygen atoms in total. The maximum atomic E-state index is 13.9. The van der Waals surface area contributed by atoms with Gasteiger partial charge >= 0.3 is 12.1 Å². The Hall–Kier alpha value is -3.09. The van der Waals surface area contributed by atoms with E-state index in [0.29, 0.717) is 43.7 Å². The van der Waals surface area contributed by atoms with Crippen LogP contribution in [0.1, 0.15) is 70.9 Å².